The Labute approximate surface area is 456 Å². The van der Waals surface area contributed by atoms with Gasteiger partial charge in [0.2, 0.25) is 0 Å². The predicted molar refractivity (Wildman–Crippen MR) is 301 cm³/mol. The number of pyridine rings is 1. The largest absolute Gasteiger partial charge is 0.509 e. The fraction of sp³-hybridized carbons (Fsp3) is 0.194. The minimum absolute atomic E-state index is 0. The Morgan fingerprint density at radius 2 is 1.15 bits per heavy atom. The fourth-order valence-corrected chi connectivity index (χ4v) is 9.61. The molecule has 73 heavy (non-hydrogen) atoms. The predicted octanol–water partition coefficient (Wildman–Crippen LogP) is 18.2. The summed E-state index contributed by atoms with van der Waals surface area (Å²) in [5, 5.41) is 0.726. The number of anilines is 4. The summed E-state index contributed by atoms with van der Waals surface area (Å²) in [7, 11) is 0. The summed E-state index contributed by atoms with van der Waals surface area (Å²) >= 11 is 0. The molecule has 1 aliphatic rings. The molecule has 0 atom stereocenters. The van der Waals surface area contributed by atoms with Crippen LogP contribution in [-0.4, -0.2) is 9.55 Å². The van der Waals surface area contributed by atoms with Crippen molar-refractivity contribution in [3.05, 3.63) is 223 Å². The van der Waals surface area contributed by atoms with Gasteiger partial charge in [0.05, 0.1) is 5.48 Å². The van der Waals surface area contributed by atoms with Crippen molar-refractivity contribution in [1.82, 2.24) is 9.55 Å². The number of aromatic nitrogens is 2. The van der Waals surface area contributed by atoms with Gasteiger partial charge in [0.1, 0.15) is 5.82 Å². The Balaban J connectivity index is 0.00000720. The molecular weight excluding hydrogens is 1070 g/mol. The van der Waals surface area contributed by atoms with Gasteiger partial charge < -0.3 is 19.1 Å². The molecule has 0 amide bonds. The van der Waals surface area contributed by atoms with E-state index in [-0.39, 0.29) is 83.5 Å². The van der Waals surface area contributed by atoms with Gasteiger partial charge in [0.25, 0.3) is 0 Å². The number of hydrogen-bond donors (Lipinski definition) is 0. The number of benzene rings is 8. The van der Waals surface area contributed by atoms with Crippen LogP contribution in [-0.2, 0) is 37.3 Å². The second-order valence-electron chi connectivity index (χ2n) is 21.8. The van der Waals surface area contributed by atoms with Crippen molar-refractivity contribution < 1.29 is 35.4 Å². The minimum Gasteiger partial charge on any atom is -0.509 e. The molecule has 368 valence electrons. The fourth-order valence-electron chi connectivity index (χ4n) is 9.61. The maximum Gasteiger partial charge on any atom is 0.135 e. The van der Waals surface area contributed by atoms with E-state index in [2.05, 4.69) is 199 Å². The van der Waals surface area contributed by atoms with Crippen molar-refractivity contribution in [1.29, 1.82) is 0 Å². The van der Waals surface area contributed by atoms with Crippen LogP contribution < -0.4 is 14.5 Å². The monoisotopic (exact) mass is 1140 g/mol. The molecule has 0 bridgehead atoms. The maximum absolute atomic E-state index is 8.99. The molecule has 0 saturated heterocycles. The van der Waals surface area contributed by atoms with Gasteiger partial charge in [0.15, 0.2) is 0 Å². The molecule has 0 unspecified atom stereocenters. The van der Waals surface area contributed by atoms with Crippen LogP contribution in [0.15, 0.2) is 182 Å². The number of fused-ring (bicyclic) bond motifs is 4. The molecule has 10 aromatic rings. The van der Waals surface area contributed by atoms with E-state index in [1.807, 2.05) is 24.3 Å². The van der Waals surface area contributed by atoms with Gasteiger partial charge in [-0.2, -0.15) is 12.1 Å². The van der Waals surface area contributed by atoms with Crippen LogP contribution in [0.25, 0.3) is 61.0 Å². The molecular formula is C67H61N4OPt-3. The summed E-state index contributed by atoms with van der Waals surface area (Å²) in [5.74, 6) is 0.821. The molecule has 8 aromatic carbocycles. The standard InChI is InChI=1S/C67H61N4O.Pt/c1-44-35-36-68-63(37-44)71-59-22-12-11-19-57(59)58-34-33-54(42-62(58)71)72-53-18-15-17-52(41-53)69-43-70(61-24-14-13-23-60(61)69)64-55(20-16-21-56(64)47-29-31-49(32-30-47)65(2,3)4)46-27-25-45(26-28-46)48-38-50(66(5,6)7)40-51(39-48)67(8,9)10;/h11-40,43H,1-10H3;/q-3;/i1D3,11D,12D,19D,22D;. The average Bonchev–Trinajstić information content (AvgIpc) is 4.22. The molecule has 11 rings (SSSR count). The number of para-hydroxylation sites is 4. The number of aryl methyl sites for hydroxylation is 1. The van der Waals surface area contributed by atoms with Gasteiger partial charge >= 0.3 is 0 Å². The van der Waals surface area contributed by atoms with Gasteiger partial charge in [-0.3, -0.25) is 0 Å². The number of nitrogens with zero attached hydrogens (tertiary/aromatic N) is 4. The van der Waals surface area contributed by atoms with Crippen molar-refractivity contribution in [2.24, 2.45) is 0 Å². The van der Waals surface area contributed by atoms with Crippen molar-refractivity contribution >= 4 is 44.6 Å². The van der Waals surface area contributed by atoms with Crippen LogP contribution >= 0.6 is 0 Å². The van der Waals surface area contributed by atoms with E-state index < -0.39 is 12.9 Å². The number of rotatable bonds is 8. The summed E-state index contributed by atoms with van der Waals surface area (Å²) in [6, 6.07) is 57.3. The number of hydrogen-bond acceptors (Lipinski definition) is 4. The molecule has 1 aliphatic heterocycles. The van der Waals surface area contributed by atoms with Gasteiger partial charge in [-0.25, -0.2) is 4.98 Å². The molecule has 0 fully saturated rings. The van der Waals surface area contributed by atoms with Crippen molar-refractivity contribution in [3.8, 4) is 50.7 Å². The average molecular weight is 1140 g/mol. The molecule has 5 nitrogen and oxygen atoms in total. The van der Waals surface area contributed by atoms with Crippen molar-refractivity contribution in [3.63, 3.8) is 0 Å². The van der Waals surface area contributed by atoms with Crippen molar-refractivity contribution in [2.75, 3.05) is 9.80 Å². The first-order chi connectivity index (χ1) is 37.3. The smallest absolute Gasteiger partial charge is 0.135 e. The Kier molecular flexibility index (Phi) is 10.8. The summed E-state index contributed by atoms with van der Waals surface area (Å²) in [6.45, 7) is 20.0. The zero-order chi connectivity index (χ0) is 56.1. The Morgan fingerprint density at radius 3 is 1.81 bits per heavy atom. The first-order valence-electron chi connectivity index (χ1n) is 28.0. The minimum atomic E-state index is -2.45. The van der Waals surface area contributed by atoms with E-state index in [9.17, 15) is 0 Å². The van der Waals surface area contributed by atoms with Gasteiger partial charge in [-0.15, -0.1) is 48.1 Å². The summed E-state index contributed by atoms with van der Waals surface area (Å²) < 4.78 is 67.4. The van der Waals surface area contributed by atoms with Crippen LogP contribution in [0.2, 0.25) is 0 Å². The van der Waals surface area contributed by atoms with E-state index in [1.165, 1.54) is 45.2 Å². The Morgan fingerprint density at radius 1 is 0.548 bits per heavy atom. The zero-order valence-corrected chi connectivity index (χ0v) is 44.9. The van der Waals surface area contributed by atoms with E-state index in [0.29, 0.717) is 22.3 Å². The zero-order valence-electron chi connectivity index (χ0n) is 49.6. The van der Waals surface area contributed by atoms with E-state index in [4.69, 9.17) is 14.3 Å². The molecule has 6 heteroatoms. The van der Waals surface area contributed by atoms with Gasteiger partial charge in [0, 0.05) is 76.6 Å². The van der Waals surface area contributed by atoms with Gasteiger partial charge in [-0.05, 0) is 103 Å². The maximum atomic E-state index is 8.99. The molecule has 0 saturated carbocycles. The van der Waals surface area contributed by atoms with E-state index in [0.717, 1.165) is 44.9 Å². The first kappa shape index (κ1) is 41.3. The third-order valence-electron chi connectivity index (χ3n) is 13.7. The van der Waals surface area contributed by atoms with Crippen molar-refractivity contribution in [2.45, 2.75) is 85.4 Å². The molecule has 2 aromatic heterocycles. The third kappa shape index (κ3) is 9.52. The van der Waals surface area contributed by atoms with Crippen LogP contribution in [0.1, 0.15) is 94.2 Å². The summed E-state index contributed by atoms with van der Waals surface area (Å²) in [4.78, 5) is 8.89. The van der Waals surface area contributed by atoms with Crippen LogP contribution in [0, 0.1) is 25.7 Å². The SMILES string of the molecule is [2H]c1c([2H])c([2H])c2c(c1[2H])c1ccc(Oc3[c-]c(N4[CH-]N(c5c(-c6ccc(-c7cc(C(C)(C)C)cc(C(C)(C)C)c7)cc6)cccc5-c5ccc(C(C)(C)C)cc5)c5ccccc54)ccc3)[c-]c1n2-c1cc(C([2H])([2H])[2H])ccn1.[Pt]. The van der Waals surface area contributed by atoms with Crippen LogP contribution in [0.5, 0.6) is 11.5 Å². The first-order valence-corrected chi connectivity index (χ1v) is 24.5. The second kappa shape index (κ2) is 19.0. The van der Waals surface area contributed by atoms with E-state index >= 15 is 0 Å². The quantitative estimate of drug-likeness (QED) is 0.142. The van der Waals surface area contributed by atoms with Gasteiger partial charge in [-0.1, -0.05) is 183 Å². The summed E-state index contributed by atoms with van der Waals surface area (Å²) in [5.41, 5.74) is 14.6. The molecule has 3 heterocycles. The second-order valence-corrected chi connectivity index (χ2v) is 21.8. The van der Waals surface area contributed by atoms with Crippen LogP contribution in [0.4, 0.5) is 22.7 Å². The van der Waals surface area contributed by atoms with Crippen LogP contribution in [0.3, 0.4) is 0 Å². The topological polar surface area (TPSA) is 33.5 Å². The summed E-state index contributed by atoms with van der Waals surface area (Å²) in [6.07, 6.45) is 1.38. The molecule has 0 radical (unpaired) electrons. The number of ether oxygens (including phenoxy) is 1. The Bertz CT molecular complexity index is 3990. The molecule has 0 spiro atoms. The normalized spacial score (nSPS) is 14.4. The van der Waals surface area contributed by atoms with E-state index in [1.54, 1.807) is 12.1 Å². The Hall–Kier alpha value is -7.20. The third-order valence-corrected chi connectivity index (χ3v) is 13.7. The molecule has 0 aliphatic carbocycles. The molecule has 0 N–H and O–H groups in total.